The lowest BCUT2D eigenvalue weighted by Gasteiger charge is -2.39. The highest BCUT2D eigenvalue weighted by Gasteiger charge is 2.44. The second kappa shape index (κ2) is 7.70. The van der Waals surface area contributed by atoms with Crippen LogP contribution in [0.4, 0.5) is 0 Å². The monoisotopic (exact) mass is 384 g/mol. The molecule has 1 aromatic heterocycles. The molecule has 2 atom stereocenters. The van der Waals surface area contributed by atoms with Gasteiger partial charge in [-0.2, -0.15) is 0 Å². The van der Waals surface area contributed by atoms with Crippen LogP contribution >= 0.6 is 0 Å². The Kier molecular flexibility index (Phi) is 4.76. The first-order chi connectivity index (χ1) is 14.3. The molecule has 29 heavy (non-hydrogen) atoms. The Morgan fingerprint density at radius 1 is 0.828 bits per heavy atom. The van der Waals surface area contributed by atoms with E-state index in [0.717, 1.165) is 42.6 Å². The number of pyridine rings is 1. The van der Waals surface area contributed by atoms with Crippen molar-refractivity contribution >= 4 is 5.91 Å². The lowest BCUT2D eigenvalue weighted by molar-refractivity contribution is 0.0359. The fourth-order valence-corrected chi connectivity index (χ4v) is 4.75. The number of benzene rings is 2. The number of hydrogen-bond donors (Lipinski definition) is 0. The smallest absolute Gasteiger partial charge is 0.254 e. The summed E-state index contributed by atoms with van der Waals surface area (Å²) in [6.07, 6.45) is 7.59. The Hall–Kier alpha value is -3.14. The summed E-state index contributed by atoms with van der Waals surface area (Å²) in [5.41, 5.74) is 3.07. The van der Waals surface area contributed by atoms with Gasteiger partial charge in [0.1, 0.15) is 11.9 Å². The molecule has 0 aliphatic carbocycles. The number of carbonyl (C=O) groups excluding carboxylic acids is 1. The van der Waals surface area contributed by atoms with Crippen LogP contribution in [0.1, 0.15) is 36.0 Å². The molecule has 0 spiro atoms. The summed E-state index contributed by atoms with van der Waals surface area (Å²) in [4.78, 5) is 19.4. The van der Waals surface area contributed by atoms with Gasteiger partial charge in [-0.3, -0.25) is 9.78 Å². The number of fused-ring (bicyclic) bond motifs is 2. The number of aromatic nitrogens is 1. The van der Waals surface area contributed by atoms with E-state index >= 15 is 0 Å². The maximum absolute atomic E-state index is 13.3. The molecule has 3 aromatic rings. The highest BCUT2D eigenvalue weighted by atomic mass is 16.5. The van der Waals surface area contributed by atoms with Crippen molar-refractivity contribution in [2.45, 2.75) is 43.9 Å². The average molecular weight is 384 g/mol. The number of amides is 1. The molecule has 0 saturated carbocycles. The molecule has 4 nitrogen and oxygen atoms in total. The summed E-state index contributed by atoms with van der Waals surface area (Å²) in [5, 5.41) is 0. The van der Waals surface area contributed by atoms with Gasteiger partial charge in [0.2, 0.25) is 0 Å². The summed E-state index contributed by atoms with van der Waals surface area (Å²) >= 11 is 0. The molecule has 1 amide bonds. The Morgan fingerprint density at radius 3 is 2.10 bits per heavy atom. The molecule has 2 saturated heterocycles. The van der Waals surface area contributed by atoms with Crippen LogP contribution in [0.3, 0.4) is 0 Å². The van der Waals surface area contributed by atoms with Crippen molar-refractivity contribution in [2.75, 3.05) is 0 Å². The quantitative estimate of drug-likeness (QED) is 0.638. The number of rotatable bonds is 4. The first-order valence-electron chi connectivity index (χ1n) is 10.3. The van der Waals surface area contributed by atoms with Crippen LogP contribution in [0.25, 0.3) is 11.1 Å². The SMILES string of the molecule is O=C(c1ccc(-c2ccccc2)cc1)N1C2CCC1CC(Oc1ccncc1)C2. The van der Waals surface area contributed by atoms with E-state index in [1.54, 1.807) is 12.4 Å². The molecule has 2 aromatic carbocycles. The highest BCUT2D eigenvalue weighted by Crippen LogP contribution is 2.38. The van der Waals surface area contributed by atoms with Crippen LogP contribution in [-0.2, 0) is 0 Å². The van der Waals surface area contributed by atoms with E-state index in [1.165, 1.54) is 5.56 Å². The van der Waals surface area contributed by atoms with Gasteiger partial charge in [-0.1, -0.05) is 42.5 Å². The van der Waals surface area contributed by atoms with Crippen molar-refractivity contribution in [3.63, 3.8) is 0 Å². The maximum atomic E-state index is 13.3. The number of nitrogens with zero attached hydrogens (tertiary/aromatic N) is 2. The van der Waals surface area contributed by atoms with Crippen molar-refractivity contribution in [3.05, 3.63) is 84.7 Å². The zero-order valence-electron chi connectivity index (χ0n) is 16.3. The zero-order valence-corrected chi connectivity index (χ0v) is 16.3. The molecule has 146 valence electrons. The normalized spacial score (nSPS) is 23.0. The van der Waals surface area contributed by atoms with E-state index in [0.29, 0.717) is 0 Å². The number of piperidine rings is 1. The zero-order chi connectivity index (χ0) is 19.6. The highest BCUT2D eigenvalue weighted by molar-refractivity contribution is 5.95. The van der Waals surface area contributed by atoms with Crippen LogP contribution in [0.5, 0.6) is 5.75 Å². The fraction of sp³-hybridized carbons (Fsp3) is 0.280. The molecule has 0 N–H and O–H groups in total. The predicted octanol–water partition coefficient (Wildman–Crippen LogP) is 4.96. The average Bonchev–Trinajstić information content (AvgIpc) is 3.05. The van der Waals surface area contributed by atoms with Gasteiger partial charge in [0.15, 0.2) is 0 Å². The lowest BCUT2D eigenvalue weighted by Crippen LogP contribution is -2.49. The van der Waals surface area contributed by atoms with Crippen LogP contribution < -0.4 is 4.74 Å². The maximum Gasteiger partial charge on any atom is 0.254 e. The Morgan fingerprint density at radius 2 is 1.45 bits per heavy atom. The van der Waals surface area contributed by atoms with Crippen molar-refractivity contribution in [1.82, 2.24) is 9.88 Å². The second-order valence-electron chi connectivity index (χ2n) is 7.93. The largest absolute Gasteiger partial charge is 0.490 e. The molecular weight excluding hydrogens is 360 g/mol. The minimum absolute atomic E-state index is 0.152. The van der Waals surface area contributed by atoms with Crippen molar-refractivity contribution in [2.24, 2.45) is 0 Å². The van der Waals surface area contributed by atoms with Gasteiger partial charge in [0.05, 0.1) is 0 Å². The van der Waals surface area contributed by atoms with Gasteiger partial charge in [-0.25, -0.2) is 0 Å². The summed E-state index contributed by atoms with van der Waals surface area (Å²) in [5.74, 6) is 1.01. The van der Waals surface area contributed by atoms with Gasteiger partial charge in [0, 0.05) is 42.9 Å². The second-order valence-corrected chi connectivity index (χ2v) is 7.93. The third-order valence-corrected chi connectivity index (χ3v) is 6.12. The topological polar surface area (TPSA) is 42.4 Å². The standard InChI is InChI=1S/C25H24N2O2/c28-25(20-8-6-19(7-9-20)18-4-2-1-3-5-18)27-21-10-11-22(27)17-24(16-21)29-23-12-14-26-15-13-23/h1-9,12-15,21-22,24H,10-11,16-17H2. The third-order valence-electron chi connectivity index (χ3n) is 6.12. The summed E-state index contributed by atoms with van der Waals surface area (Å²) in [6, 6.07) is 22.6. The van der Waals surface area contributed by atoms with E-state index in [-0.39, 0.29) is 24.1 Å². The molecule has 2 aliphatic heterocycles. The number of ether oxygens (including phenoxy) is 1. The summed E-state index contributed by atoms with van der Waals surface area (Å²) < 4.78 is 6.16. The summed E-state index contributed by atoms with van der Waals surface area (Å²) in [6.45, 7) is 0. The van der Waals surface area contributed by atoms with Crippen molar-refractivity contribution in [1.29, 1.82) is 0 Å². The molecular formula is C25H24N2O2. The molecule has 2 aliphatic rings. The van der Waals surface area contributed by atoms with Crippen LogP contribution in [-0.4, -0.2) is 34.0 Å². The molecule has 2 bridgehead atoms. The van der Waals surface area contributed by atoms with Gasteiger partial charge in [-0.15, -0.1) is 0 Å². The van der Waals surface area contributed by atoms with Crippen molar-refractivity contribution in [3.8, 4) is 16.9 Å². The number of carbonyl (C=O) groups is 1. The molecule has 3 heterocycles. The van der Waals surface area contributed by atoms with E-state index in [9.17, 15) is 4.79 Å². The van der Waals surface area contributed by atoms with Gasteiger partial charge >= 0.3 is 0 Å². The molecule has 5 rings (SSSR count). The van der Waals surface area contributed by atoms with Crippen LogP contribution in [0.15, 0.2) is 79.1 Å². The van der Waals surface area contributed by atoms with Crippen LogP contribution in [0, 0.1) is 0 Å². The van der Waals surface area contributed by atoms with Gasteiger partial charge < -0.3 is 9.64 Å². The Balaban J connectivity index is 1.29. The Bertz CT molecular complexity index is 959. The Labute approximate surface area is 171 Å². The van der Waals surface area contributed by atoms with E-state index in [2.05, 4.69) is 22.0 Å². The molecule has 2 fully saturated rings. The lowest BCUT2D eigenvalue weighted by atomic mass is 9.97. The predicted molar refractivity (Wildman–Crippen MR) is 113 cm³/mol. The van der Waals surface area contributed by atoms with Crippen molar-refractivity contribution < 1.29 is 9.53 Å². The first-order valence-corrected chi connectivity index (χ1v) is 10.3. The first kappa shape index (κ1) is 17.9. The minimum Gasteiger partial charge on any atom is -0.490 e. The summed E-state index contributed by atoms with van der Waals surface area (Å²) in [7, 11) is 0. The molecule has 0 radical (unpaired) electrons. The van der Waals surface area contributed by atoms with Crippen LogP contribution in [0.2, 0.25) is 0 Å². The van der Waals surface area contributed by atoms with Gasteiger partial charge in [0.25, 0.3) is 5.91 Å². The fourth-order valence-electron chi connectivity index (χ4n) is 4.75. The van der Waals surface area contributed by atoms with E-state index in [1.807, 2.05) is 54.6 Å². The minimum atomic E-state index is 0.152. The molecule has 4 heteroatoms. The van der Waals surface area contributed by atoms with Gasteiger partial charge in [-0.05, 0) is 48.2 Å². The molecule has 2 unspecified atom stereocenters. The third kappa shape index (κ3) is 3.63. The number of hydrogen-bond acceptors (Lipinski definition) is 3. The van der Waals surface area contributed by atoms with E-state index < -0.39 is 0 Å². The van der Waals surface area contributed by atoms with E-state index in [4.69, 9.17) is 4.74 Å².